The van der Waals surface area contributed by atoms with E-state index in [1.165, 1.54) is 5.39 Å². The van der Waals surface area contributed by atoms with E-state index in [4.69, 9.17) is 4.74 Å². The molecular weight excluding hydrogens is 320 g/mol. The molecule has 24 heavy (non-hydrogen) atoms. The van der Waals surface area contributed by atoms with E-state index in [1.54, 1.807) is 18.9 Å². The number of hydrazone groups is 1. The van der Waals surface area contributed by atoms with Crippen LogP contribution in [0.25, 0.3) is 10.9 Å². The van der Waals surface area contributed by atoms with E-state index in [-0.39, 0.29) is 0 Å². The van der Waals surface area contributed by atoms with Crippen LogP contribution in [0.3, 0.4) is 0 Å². The molecule has 0 bridgehead atoms. The molecule has 2 aromatic carbocycles. The van der Waals surface area contributed by atoms with Crippen LogP contribution in [0.5, 0.6) is 5.75 Å². The summed E-state index contributed by atoms with van der Waals surface area (Å²) in [6.07, 6.45) is 2.01. The molecule has 6 heteroatoms. The number of benzene rings is 2. The minimum atomic E-state index is 0.782. The van der Waals surface area contributed by atoms with Crippen molar-refractivity contribution in [3.05, 3.63) is 60.3 Å². The van der Waals surface area contributed by atoms with E-state index in [2.05, 4.69) is 32.6 Å². The van der Waals surface area contributed by atoms with Crippen LogP contribution in [0.15, 0.2) is 64.8 Å². The van der Waals surface area contributed by atoms with Gasteiger partial charge in [0, 0.05) is 28.4 Å². The maximum absolute atomic E-state index is 5.16. The Kier molecular flexibility index (Phi) is 3.96. The van der Waals surface area contributed by atoms with Crippen molar-refractivity contribution in [1.29, 1.82) is 0 Å². The molecule has 120 valence electrons. The lowest BCUT2D eigenvalue weighted by Crippen LogP contribution is -2.25. The molecule has 3 aromatic rings. The Labute approximate surface area is 143 Å². The van der Waals surface area contributed by atoms with Gasteiger partial charge >= 0.3 is 0 Å². The lowest BCUT2D eigenvalue weighted by molar-refractivity contribution is 0.415. The third-order valence-electron chi connectivity index (χ3n) is 3.84. The highest BCUT2D eigenvalue weighted by Crippen LogP contribution is 2.24. The number of aromatic amines is 1. The molecule has 0 amide bonds. The molecule has 1 aliphatic rings. The van der Waals surface area contributed by atoms with Gasteiger partial charge in [0.25, 0.3) is 0 Å². The molecule has 0 saturated heterocycles. The van der Waals surface area contributed by atoms with Crippen molar-refractivity contribution in [2.75, 3.05) is 12.9 Å². The maximum Gasteiger partial charge on any atom is 0.182 e. The number of nitrogens with zero attached hydrogens (tertiary/aromatic N) is 2. The van der Waals surface area contributed by atoms with Crippen LogP contribution in [0.4, 0.5) is 5.69 Å². The fourth-order valence-corrected chi connectivity index (χ4v) is 3.37. The van der Waals surface area contributed by atoms with Crippen molar-refractivity contribution >= 4 is 39.2 Å². The van der Waals surface area contributed by atoms with Gasteiger partial charge < -0.3 is 9.72 Å². The van der Waals surface area contributed by atoms with E-state index in [0.717, 1.165) is 39.1 Å². The zero-order chi connectivity index (χ0) is 16.4. The summed E-state index contributed by atoms with van der Waals surface area (Å²) in [4.78, 5) is 7.86. The number of methoxy groups -OCH3 is 1. The van der Waals surface area contributed by atoms with Gasteiger partial charge in [0.05, 0.1) is 18.5 Å². The second-order valence-electron chi connectivity index (χ2n) is 5.32. The molecule has 5 nitrogen and oxygen atoms in total. The van der Waals surface area contributed by atoms with Gasteiger partial charge in [-0.1, -0.05) is 30.0 Å². The Balaban J connectivity index is 1.55. The summed E-state index contributed by atoms with van der Waals surface area (Å²) in [7, 11) is 1.65. The Morgan fingerprint density at radius 2 is 1.96 bits per heavy atom. The molecule has 0 unspecified atom stereocenters. The Morgan fingerprint density at radius 1 is 1.12 bits per heavy atom. The van der Waals surface area contributed by atoms with Gasteiger partial charge in [-0.15, -0.1) is 0 Å². The van der Waals surface area contributed by atoms with E-state index in [0.29, 0.717) is 0 Å². The number of aliphatic imine (C=N–C) groups is 1. The summed E-state index contributed by atoms with van der Waals surface area (Å²) in [5.74, 6) is 1.60. The molecule has 4 rings (SSSR count). The summed E-state index contributed by atoms with van der Waals surface area (Å²) in [5, 5.41) is 6.49. The molecule has 0 aliphatic carbocycles. The number of nitrogens with one attached hydrogen (secondary N) is 2. The third kappa shape index (κ3) is 2.88. The highest BCUT2D eigenvalue weighted by atomic mass is 32.2. The summed E-state index contributed by atoms with van der Waals surface area (Å²) < 4.78 is 5.16. The quantitative estimate of drug-likeness (QED) is 0.762. The number of para-hydroxylation sites is 1. The molecule has 0 atom stereocenters. The molecule has 0 fully saturated rings. The molecule has 1 aliphatic heterocycles. The summed E-state index contributed by atoms with van der Waals surface area (Å²) >= 11 is 1.65. The first kappa shape index (κ1) is 14.8. The predicted molar refractivity (Wildman–Crippen MR) is 101 cm³/mol. The van der Waals surface area contributed by atoms with Gasteiger partial charge in [0.1, 0.15) is 5.75 Å². The maximum atomic E-state index is 5.16. The summed E-state index contributed by atoms with van der Waals surface area (Å²) in [6, 6.07) is 15.9. The first-order chi connectivity index (χ1) is 11.8. The van der Waals surface area contributed by atoms with Crippen molar-refractivity contribution in [1.82, 2.24) is 10.4 Å². The van der Waals surface area contributed by atoms with Gasteiger partial charge in [-0.2, -0.15) is 5.10 Å². The Bertz CT molecular complexity index is 928. The highest BCUT2D eigenvalue weighted by molar-refractivity contribution is 8.14. The Morgan fingerprint density at radius 3 is 2.71 bits per heavy atom. The molecule has 0 radical (unpaired) electrons. The standard InChI is InChI=1S/C18H16N4OS/c1-23-13-8-6-12(7-9-13)20-18-22-21-17(11-24-18)15-10-19-16-5-3-2-4-14(15)16/h2-10,19H,11H2,1H3,(H,20,22). The second kappa shape index (κ2) is 6.41. The van der Waals surface area contributed by atoms with Gasteiger partial charge in [0.2, 0.25) is 0 Å². The SMILES string of the molecule is COc1ccc(N=C2NN=C(c3c[nH]c4ccccc34)CS2)cc1. The molecule has 2 heterocycles. The van der Waals surface area contributed by atoms with Crippen molar-refractivity contribution < 1.29 is 4.74 Å². The minimum Gasteiger partial charge on any atom is -0.497 e. The fourth-order valence-electron chi connectivity index (χ4n) is 2.60. The molecule has 0 saturated carbocycles. The number of hydrogen-bond donors (Lipinski definition) is 2. The molecular formula is C18H16N4OS. The van der Waals surface area contributed by atoms with E-state index < -0.39 is 0 Å². The monoisotopic (exact) mass is 336 g/mol. The molecule has 2 N–H and O–H groups in total. The number of ether oxygens (including phenoxy) is 1. The zero-order valence-electron chi connectivity index (χ0n) is 13.1. The third-order valence-corrected chi connectivity index (χ3v) is 4.71. The highest BCUT2D eigenvalue weighted by Gasteiger charge is 2.16. The number of amidine groups is 1. The zero-order valence-corrected chi connectivity index (χ0v) is 13.9. The molecule has 1 aromatic heterocycles. The number of thioether (sulfide) groups is 1. The number of rotatable bonds is 3. The fraction of sp³-hybridized carbons (Fsp3) is 0.111. The van der Waals surface area contributed by atoms with Crippen molar-refractivity contribution in [3.8, 4) is 5.75 Å². The van der Waals surface area contributed by atoms with Crippen LogP contribution in [0.2, 0.25) is 0 Å². The van der Waals surface area contributed by atoms with Crippen molar-refractivity contribution in [3.63, 3.8) is 0 Å². The smallest absolute Gasteiger partial charge is 0.182 e. The van der Waals surface area contributed by atoms with Crippen LogP contribution >= 0.6 is 11.8 Å². The number of hydrogen-bond acceptors (Lipinski definition) is 4. The molecule has 0 spiro atoms. The predicted octanol–water partition coefficient (Wildman–Crippen LogP) is 3.90. The van der Waals surface area contributed by atoms with E-state index in [9.17, 15) is 0 Å². The minimum absolute atomic E-state index is 0.782. The lowest BCUT2D eigenvalue weighted by atomic mass is 10.1. The second-order valence-corrected chi connectivity index (χ2v) is 6.29. The van der Waals surface area contributed by atoms with Crippen LogP contribution in [0, 0.1) is 0 Å². The number of fused-ring (bicyclic) bond motifs is 1. The van der Waals surface area contributed by atoms with Crippen molar-refractivity contribution in [2.45, 2.75) is 0 Å². The van der Waals surface area contributed by atoms with Crippen LogP contribution in [-0.2, 0) is 0 Å². The van der Waals surface area contributed by atoms with Crippen molar-refractivity contribution in [2.24, 2.45) is 10.1 Å². The number of aromatic nitrogens is 1. The topological polar surface area (TPSA) is 61.8 Å². The summed E-state index contributed by atoms with van der Waals surface area (Å²) in [5.41, 5.74) is 7.20. The summed E-state index contributed by atoms with van der Waals surface area (Å²) in [6.45, 7) is 0. The average molecular weight is 336 g/mol. The van der Waals surface area contributed by atoms with Gasteiger partial charge in [-0.05, 0) is 30.3 Å². The first-order valence-electron chi connectivity index (χ1n) is 7.58. The lowest BCUT2D eigenvalue weighted by Gasteiger charge is -2.14. The van der Waals surface area contributed by atoms with Gasteiger partial charge in [0.15, 0.2) is 5.17 Å². The normalized spacial score (nSPS) is 16.0. The first-order valence-corrected chi connectivity index (χ1v) is 8.56. The van der Waals surface area contributed by atoms with Gasteiger partial charge in [-0.3, -0.25) is 5.43 Å². The van der Waals surface area contributed by atoms with Crippen LogP contribution < -0.4 is 10.2 Å². The van der Waals surface area contributed by atoms with E-state index >= 15 is 0 Å². The van der Waals surface area contributed by atoms with E-state index in [1.807, 2.05) is 42.6 Å². The Hall–Kier alpha value is -2.73. The average Bonchev–Trinajstić information content (AvgIpc) is 3.07. The van der Waals surface area contributed by atoms with Crippen LogP contribution in [-0.4, -0.2) is 28.7 Å². The van der Waals surface area contributed by atoms with Gasteiger partial charge in [-0.25, -0.2) is 4.99 Å². The number of H-pyrrole nitrogens is 1. The van der Waals surface area contributed by atoms with Crippen LogP contribution in [0.1, 0.15) is 5.56 Å². The largest absolute Gasteiger partial charge is 0.497 e.